The molecule has 6 heavy (non-hydrogen) atoms. The van der Waals surface area contributed by atoms with Gasteiger partial charge in [-0.25, -0.2) is 0 Å². The molecule has 0 nitrogen and oxygen atoms in total. The quantitative estimate of drug-likeness (QED) is 0.453. The molecule has 0 saturated heterocycles. The number of hydrogen-bond acceptors (Lipinski definition) is 0. The van der Waals surface area contributed by atoms with Crippen LogP contribution in [0.1, 0.15) is 0 Å². The van der Waals surface area contributed by atoms with Crippen molar-refractivity contribution in [3.05, 3.63) is 0 Å². The molecule has 1 radical (unpaired) electrons. The van der Waals surface area contributed by atoms with Gasteiger partial charge in [-0.3, -0.25) is 0 Å². The van der Waals surface area contributed by atoms with Crippen LogP contribution in [-0.4, -0.2) is 29.6 Å². The molecule has 0 aromatic rings. The molecule has 0 aromatic carbocycles. The summed E-state index contributed by atoms with van der Waals surface area (Å²) in [5.74, 6) is 0. The van der Waals surface area contributed by atoms with Crippen LogP contribution in [0.15, 0.2) is 0 Å². The number of rotatable bonds is 0. The molecule has 6 heteroatoms. The monoisotopic (exact) mass is 257 g/mol. The average molecular weight is 256 g/mol. The van der Waals surface area contributed by atoms with Gasteiger partial charge in [0.05, 0.1) is 0 Å². The number of halogens is 4. The minimum absolute atomic E-state index is 0. The third-order valence-electron chi connectivity index (χ3n) is 0. The van der Waals surface area contributed by atoms with Gasteiger partial charge >= 0.3 is 39.5 Å². The second-order valence-electron chi connectivity index (χ2n) is 0.303. The summed E-state index contributed by atoms with van der Waals surface area (Å²) >= 11 is -7.06. The molecule has 0 bridgehead atoms. The topological polar surface area (TPSA) is 0 Å². The van der Waals surface area contributed by atoms with Gasteiger partial charge in [-0.1, -0.05) is 0 Å². The predicted molar refractivity (Wildman–Crippen MR) is 10.2 cm³/mol. The van der Waals surface area contributed by atoms with Crippen molar-refractivity contribution in [2.45, 2.75) is 0 Å². The van der Waals surface area contributed by atoms with Crippen molar-refractivity contribution in [2.24, 2.45) is 0 Å². The van der Waals surface area contributed by atoms with Gasteiger partial charge in [-0.2, -0.15) is 0 Å². The summed E-state index contributed by atoms with van der Waals surface area (Å²) in [5.41, 5.74) is 0. The summed E-state index contributed by atoms with van der Waals surface area (Å²) in [4.78, 5) is 0. The SMILES string of the molecule is [F][Gd]([F])([F])[F].[Na]. The van der Waals surface area contributed by atoms with E-state index in [1.807, 2.05) is 0 Å². The summed E-state index contributed by atoms with van der Waals surface area (Å²) in [5, 5.41) is 0. The summed E-state index contributed by atoms with van der Waals surface area (Å²) in [6, 6.07) is 0. The molecule has 0 spiro atoms. The van der Waals surface area contributed by atoms with E-state index in [1.165, 1.54) is 0 Å². The van der Waals surface area contributed by atoms with E-state index in [9.17, 15) is 4.46 Å². The number of hydrogen-bond donors (Lipinski definition) is 0. The van der Waals surface area contributed by atoms with Crippen molar-refractivity contribution in [1.82, 2.24) is 0 Å². The Labute approximate surface area is 67.6 Å². The zero-order valence-electron chi connectivity index (χ0n) is 2.87. The van der Waals surface area contributed by atoms with Crippen LogP contribution in [0.25, 0.3) is 0 Å². The molecule has 0 amide bonds. The van der Waals surface area contributed by atoms with Gasteiger partial charge < -0.3 is 0 Å². The average Bonchev–Trinajstić information content (AvgIpc) is 0.722. The first-order chi connectivity index (χ1) is 2.00. The minimum atomic E-state index is -7.06. The van der Waals surface area contributed by atoms with Gasteiger partial charge in [0.25, 0.3) is 0 Å². The first kappa shape index (κ1) is 10.9. The fourth-order valence-electron chi connectivity index (χ4n) is 0. The van der Waals surface area contributed by atoms with Gasteiger partial charge in [0.1, 0.15) is 0 Å². The molecule has 0 fully saturated rings. The maximum Gasteiger partial charge on any atom is 0 e. The molecule has 0 saturated carbocycles. The molecule has 0 rings (SSSR count). The minimum Gasteiger partial charge on any atom is 0 e. The molecular weight excluding hydrogens is 256 g/mol. The Morgan fingerprint density at radius 2 is 0.833 bits per heavy atom. The molecule has 0 aliphatic heterocycles. The Bertz CT molecular complexity index is 23.0. The molecule has 37 valence electrons. The predicted octanol–water partition coefficient (Wildman–Crippen LogP) is 1.30. The molecule has 0 aliphatic carbocycles. The molecule has 0 atom stereocenters. The van der Waals surface area contributed by atoms with Crippen LogP contribution >= 0.6 is 0 Å². The molecule has 0 N–H and O–H groups in total. The van der Waals surface area contributed by atoms with E-state index in [4.69, 9.17) is 0 Å². The largest absolute Gasteiger partial charge is 0 e. The zero-order chi connectivity index (χ0) is 4.50. The summed E-state index contributed by atoms with van der Waals surface area (Å²) in [7, 11) is 0. The van der Waals surface area contributed by atoms with E-state index < -0.39 is 35.0 Å². The van der Waals surface area contributed by atoms with Crippen molar-refractivity contribution in [2.75, 3.05) is 0 Å². The van der Waals surface area contributed by atoms with Crippen LogP contribution in [0.4, 0.5) is 4.46 Å². The van der Waals surface area contributed by atoms with Crippen molar-refractivity contribution < 1.29 is 39.5 Å². The van der Waals surface area contributed by atoms with Gasteiger partial charge in [0, 0.05) is 29.6 Å². The van der Waals surface area contributed by atoms with Crippen molar-refractivity contribution >= 4 is 29.6 Å². The first-order valence-corrected chi connectivity index (χ1v) is 3.96. The van der Waals surface area contributed by atoms with Gasteiger partial charge in [0.15, 0.2) is 0 Å². The molecular formula is F4GdNa. The van der Waals surface area contributed by atoms with E-state index in [0.29, 0.717) is 0 Å². The summed E-state index contributed by atoms with van der Waals surface area (Å²) < 4.78 is 39.5. The van der Waals surface area contributed by atoms with Gasteiger partial charge in [-0.15, -0.1) is 0 Å². The Kier molecular flexibility index (Phi) is 7.24. The Balaban J connectivity index is 0. The summed E-state index contributed by atoms with van der Waals surface area (Å²) in [6.07, 6.45) is 0. The van der Waals surface area contributed by atoms with Crippen LogP contribution in [0.2, 0.25) is 0 Å². The second-order valence-corrected chi connectivity index (χ2v) is 2.25. The van der Waals surface area contributed by atoms with E-state index in [1.54, 1.807) is 0 Å². The van der Waals surface area contributed by atoms with Crippen LogP contribution in [0.5, 0.6) is 0 Å². The molecule has 0 aromatic heterocycles. The normalized spacial score (nSPS) is 12.7. The smallest absolute Gasteiger partial charge is 0 e. The van der Waals surface area contributed by atoms with Crippen LogP contribution in [0.3, 0.4) is 0 Å². The fraction of sp³-hybridized carbons (Fsp3) is 0. The van der Waals surface area contributed by atoms with Crippen molar-refractivity contribution in [3.8, 4) is 0 Å². The Morgan fingerprint density at radius 1 is 0.833 bits per heavy atom. The van der Waals surface area contributed by atoms with Crippen LogP contribution in [0, 0.1) is 35.0 Å². The van der Waals surface area contributed by atoms with E-state index in [2.05, 4.69) is 0 Å². The van der Waals surface area contributed by atoms with Gasteiger partial charge in [0.2, 0.25) is 0 Å². The maximum absolute atomic E-state index is 9.88. The third kappa shape index (κ3) is 36.8. The van der Waals surface area contributed by atoms with Crippen molar-refractivity contribution in [3.63, 3.8) is 0 Å². The van der Waals surface area contributed by atoms with Gasteiger partial charge in [-0.05, 0) is 0 Å². The van der Waals surface area contributed by atoms with Crippen LogP contribution < -0.4 is 0 Å². The van der Waals surface area contributed by atoms with E-state index in [0.717, 1.165) is 0 Å². The van der Waals surface area contributed by atoms with E-state index >= 15 is 0 Å². The third-order valence-corrected chi connectivity index (χ3v) is 0. The Hall–Kier alpha value is 2.04. The second kappa shape index (κ2) is 3.98. The standard InChI is InChI=1S/4FH.Gd.Na/h4*1H;;/q;;;;+4;/p-4. The Morgan fingerprint density at radius 3 is 0.833 bits per heavy atom. The molecule has 0 unspecified atom stereocenters. The maximum atomic E-state index is 9.88. The summed E-state index contributed by atoms with van der Waals surface area (Å²) in [6.45, 7) is 0. The van der Waals surface area contributed by atoms with Crippen molar-refractivity contribution in [1.29, 1.82) is 0 Å². The zero-order valence-corrected chi connectivity index (χ0v) is 7.13. The molecule has 0 aliphatic rings. The van der Waals surface area contributed by atoms with E-state index in [-0.39, 0.29) is 29.6 Å². The first-order valence-electron chi connectivity index (χ1n) is 0.535. The fourth-order valence-corrected chi connectivity index (χ4v) is 0. The van der Waals surface area contributed by atoms with Crippen LogP contribution in [-0.2, 0) is 0 Å². The molecule has 0 heterocycles.